The fourth-order valence-electron chi connectivity index (χ4n) is 2.14. The van der Waals surface area contributed by atoms with Crippen molar-refractivity contribution in [1.29, 1.82) is 0 Å². The van der Waals surface area contributed by atoms with Gasteiger partial charge in [-0.05, 0) is 45.9 Å². The Morgan fingerprint density at radius 1 is 1.14 bits per heavy atom. The molecule has 0 radical (unpaired) electrons. The van der Waals surface area contributed by atoms with E-state index in [1.54, 1.807) is 0 Å². The topological polar surface area (TPSA) is 18.5 Å². The van der Waals surface area contributed by atoms with Gasteiger partial charge in [0.15, 0.2) is 0 Å². The molecule has 0 amide bonds. The maximum Gasteiger partial charge on any atom is 0.461 e. The van der Waals surface area contributed by atoms with Crippen molar-refractivity contribution in [3.63, 3.8) is 0 Å². The Morgan fingerprint density at radius 3 is 2.00 bits per heavy atom. The molecule has 1 saturated carbocycles. The molecule has 14 heavy (non-hydrogen) atoms. The first-order chi connectivity index (χ1) is 6.37. The molecule has 3 heteroatoms. The molecular formula is C11H21BO2. The number of hydrogen-bond donors (Lipinski definition) is 0. The summed E-state index contributed by atoms with van der Waals surface area (Å²) in [5, 5.41) is 0. The zero-order chi connectivity index (χ0) is 10.6. The Hall–Kier alpha value is -0.0151. The molecule has 0 aromatic carbocycles. The predicted molar refractivity (Wildman–Crippen MR) is 58.2 cm³/mol. The molecule has 0 unspecified atom stereocenters. The van der Waals surface area contributed by atoms with Crippen molar-refractivity contribution in [2.24, 2.45) is 5.92 Å². The van der Waals surface area contributed by atoms with Crippen LogP contribution in [-0.4, -0.2) is 18.3 Å². The van der Waals surface area contributed by atoms with Crippen LogP contribution in [0.1, 0.15) is 47.5 Å². The zero-order valence-electron chi connectivity index (χ0n) is 9.96. The molecule has 1 saturated heterocycles. The van der Waals surface area contributed by atoms with Crippen LogP contribution in [0, 0.1) is 5.92 Å². The molecule has 1 heterocycles. The lowest BCUT2D eigenvalue weighted by molar-refractivity contribution is 0.00578. The first-order valence-corrected chi connectivity index (χ1v) is 5.73. The van der Waals surface area contributed by atoms with Gasteiger partial charge < -0.3 is 9.31 Å². The number of rotatable bonds is 2. The summed E-state index contributed by atoms with van der Waals surface area (Å²) in [6, 6.07) is 0. The third-order valence-corrected chi connectivity index (χ3v) is 4.12. The minimum Gasteiger partial charge on any atom is -0.403 e. The van der Waals surface area contributed by atoms with Gasteiger partial charge in [-0.25, -0.2) is 0 Å². The lowest BCUT2D eigenvalue weighted by Gasteiger charge is -2.32. The van der Waals surface area contributed by atoms with Crippen LogP contribution in [0.5, 0.6) is 0 Å². The van der Waals surface area contributed by atoms with E-state index in [2.05, 4.69) is 34.6 Å². The lowest BCUT2D eigenvalue weighted by atomic mass is 9.80. The molecule has 2 fully saturated rings. The maximum atomic E-state index is 6.00. The second-order valence-electron chi connectivity index (χ2n) is 5.69. The van der Waals surface area contributed by atoms with Gasteiger partial charge in [0.2, 0.25) is 0 Å². The molecule has 2 atom stereocenters. The van der Waals surface area contributed by atoms with E-state index in [9.17, 15) is 0 Å². The van der Waals surface area contributed by atoms with Crippen LogP contribution < -0.4 is 0 Å². The van der Waals surface area contributed by atoms with E-state index >= 15 is 0 Å². The van der Waals surface area contributed by atoms with Crippen LogP contribution in [0.3, 0.4) is 0 Å². The van der Waals surface area contributed by atoms with Gasteiger partial charge in [0.05, 0.1) is 11.2 Å². The van der Waals surface area contributed by atoms with Gasteiger partial charge in [0, 0.05) is 0 Å². The van der Waals surface area contributed by atoms with Crippen LogP contribution in [0.2, 0.25) is 5.82 Å². The minimum atomic E-state index is -0.154. The normalized spacial score (nSPS) is 38.8. The molecule has 1 aliphatic carbocycles. The summed E-state index contributed by atoms with van der Waals surface area (Å²) in [7, 11) is 0.0462. The minimum absolute atomic E-state index is 0.0462. The van der Waals surface area contributed by atoms with Crippen molar-refractivity contribution < 1.29 is 9.31 Å². The Balaban J connectivity index is 2.01. The summed E-state index contributed by atoms with van der Waals surface area (Å²) < 4.78 is 12.0. The van der Waals surface area contributed by atoms with Gasteiger partial charge in [-0.1, -0.05) is 13.3 Å². The number of hydrogen-bond acceptors (Lipinski definition) is 2. The highest BCUT2D eigenvalue weighted by molar-refractivity contribution is 6.48. The Labute approximate surface area is 87.5 Å². The highest BCUT2D eigenvalue weighted by Crippen LogP contribution is 2.54. The van der Waals surface area contributed by atoms with E-state index in [0.29, 0.717) is 5.82 Å². The van der Waals surface area contributed by atoms with Crippen molar-refractivity contribution in [3.8, 4) is 0 Å². The smallest absolute Gasteiger partial charge is 0.403 e. The molecule has 0 bridgehead atoms. The molecule has 2 rings (SSSR count). The van der Waals surface area contributed by atoms with Crippen LogP contribution in [0.25, 0.3) is 0 Å². The van der Waals surface area contributed by atoms with E-state index in [-0.39, 0.29) is 18.3 Å². The lowest BCUT2D eigenvalue weighted by Crippen LogP contribution is -2.41. The molecule has 0 spiro atoms. The average Bonchev–Trinajstić information content (AvgIpc) is 2.75. The van der Waals surface area contributed by atoms with Gasteiger partial charge in [-0.15, -0.1) is 0 Å². The van der Waals surface area contributed by atoms with Crippen LogP contribution in [-0.2, 0) is 9.31 Å². The highest BCUT2D eigenvalue weighted by Gasteiger charge is 2.58. The first kappa shape index (κ1) is 10.5. The summed E-state index contributed by atoms with van der Waals surface area (Å²) >= 11 is 0. The molecule has 0 N–H and O–H groups in total. The molecule has 2 nitrogen and oxygen atoms in total. The van der Waals surface area contributed by atoms with Crippen molar-refractivity contribution in [1.82, 2.24) is 0 Å². The molecular weight excluding hydrogens is 175 g/mol. The maximum absolute atomic E-state index is 6.00. The van der Waals surface area contributed by atoms with Gasteiger partial charge in [-0.3, -0.25) is 0 Å². The highest BCUT2D eigenvalue weighted by atomic mass is 16.7. The average molecular weight is 196 g/mol. The summed E-state index contributed by atoms with van der Waals surface area (Å²) in [5.74, 6) is 1.49. The van der Waals surface area contributed by atoms with Crippen LogP contribution >= 0.6 is 0 Å². The van der Waals surface area contributed by atoms with Crippen molar-refractivity contribution in [2.45, 2.75) is 64.5 Å². The van der Waals surface area contributed by atoms with Crippen molar-refractivity contribution in [3.05, 3.63) is 0 Å². The van der Waals surface area contributed by atoms with Gasteiger partial charge in [0.1, 0.15) is 0 Å². The summed E-state index contributed by atoms with van der Waals surface area (Å²) in [6.07, 6.45) is 2.54. The quantitative estimate of drug-likeness (QED) is 0.632. The van der Waals surface area contributed by atoms with E-state index in [1.165, 1.54) is 12.8 Å². The van der Waals surface area contributed by atoms with E-state index in [4.69, 9.17) is 9.31 Å². The Kier molecular flexibility index (Phi) is 2.24. The Bertz CT molecular complexity index is 221. The first-order valence-electron chi connectivity index (χ1n) is 5.73. The summed E-state index contributed by atoms with van der Waals surface area (Å²) in [5.41, 5.74) is -0.308. The summed E-state index contributed by atoms with van der Waals surface area (Å²) in [4.78, 5) is 0. The standard InChI is InChI=1S/C11H21BO2/c1-6-8-7-9(8)12-13-10(2,3)11(4,5)14-12/h8-9H,6-7H2,1-5H3/t8-,9-/m0/s1. The molecule has 0 aromatic rings. The van der Waals surface area contributed by atoms with Crippen LogP contribution in [0.15, 0.2) is 0 Å². The predicted octanol–water partition coefficient (Wildman–Crippen LogP) is 2.88. The van der Waals surface area contributed by atoms with Gasteiger partial charge >= 0.3 is 7.12 Å². The molecule has 1 aliphatic heterocycles. The third kappa shape index (κ3) is 1.51. The zero-order valence-corrected chi connectivity index (χ0v) is 9.96. The second kappa shape index (κ2) is 2.99. The van der Waals surface area contributed by atoms with Gasteiger partial charge in [0.25, 0.3) is 0 Å². The fraction of sp³-hybridized carbons (Fsp3) is 1.00. The molecule has 2 aliphatic rings. The largest absolute Gasteiger partial charge is 0.461 e. The fourth-order valence-corrected chi connectivity index (χ4v) is 2.14. The van der Waals surface area contributed by atoms with E-state index in [0.717, 1.165) is 5.92 Å². The SMILES string of the molecule is CC[C@H]1C[C@@H]1B1OC(C)(C)C(C)(C)O1. The van der Waals surface area contributed by atoms with Crippen molar-refractivity contribution >= 4 is 7.12 Å². The summed E-state index contributed by atoms with van der Waals surface area (Å²) in [6.45, 7) is 10.7. The molecule has 0 aromatic heterocycles. The van der Waals surface area contributed by atoms with Crippen LogP contribution in [0.4, 0.5) is 0 Å². The second-order valence-corrected chi connectivity index (χ2v) is 5.69. The Morgan fingerprint density at radius 2 is 1.64 bits per heavy atom. The van der Waals surface area contributed by atoms with E-state index < -0.39 is 0 Å². The molecule has 80 valence electrons. The third-order valence-electron chi connectivity index (χ3n) is 4.12. The van der Waals surface area contributed by atoms with Gasteiger partial charge in [-0.2, -0.15) is 0 Å². The monoisotopic (exact) mass is 196 g/mol. The van der Waals surface area contributed by atoms with Crippen molar-refractivity contribution in [2.75, 3.05) is 0 Å². The van der Waals surface area contributed by atoms with E-state index in [1.807, 2.05) is 0 Å².